The van der Waals surface area contributed by atoms with Crippen molar-refractivity contribution < 1.29 is 14.4 Å². The summed E-state index contributed by atoms with van der Waals surface area (Å²) in [6.07, 6.45) is 2.15. The standard InChI is InChI=1S/C12H12N2O3/c1-5-6-3-8-9(4-7(6)10(15)13-5)12(17)14(2)11(8)16/h4,6-8H,1,3H2,2H3,(H,13,15). The van der Waals surface area contributed by atoms with Crippen molar-refractivity contribution in [3.63, 3.8) is 0 Å². The van der Waals surface area contributed by atoms with Gasteiger partial charge in [0.2, 0.25) is 11.8 Å². The number of nitrogens with zero attached hydrogens (tertiary/aromatic N) is 1. The molecule has 5 nitrogen and oxygen atoms in total. The minimum Gasteiger partial charge on any atom is -0.330 e. The molecule has 0 aromatic carbocycles. The molecule has 0 aromatic rings. The highest BCUT2D eigenvalue weighted by Gasteiger charge is 2.50. The molecule has 2 aliphatic heterocycles. The van der Waals surface area contributed by atoms with Crippen LogP contribution in [-0.4, -0.2) is 29.7 Å². The molecule has 3 rings (SSSR count). The normalized spacial score (nSPS) is 35.7. The van der Waals surface area contributed by atoms with Crippen molar-refractivity contribution in [3.05, 3.63) is 23.9 Å². The molecule has 1 N–H and O–H groups in total. The van der Waals surface area contributed by atoms with Crippen molar-refractivity contribution in [1.82, 2.24) is 10.2 Å². The first kappa shape index (κ1) is 10.3. The van der Waals surface area contributed by atoms with E-state index in [1.54, 1.807) is 6.08 Å². The minimum absolute atomic E-state index is 0.0560. The van der Waals surface area contributed by atoms with Gasteiger partial charge in [-0.3, -0.25) is 19.3 Å². The maximum Gasteiger partial charge on any atom is 0.256 e. The van der Waals surface area contributed by atoms with E-state index < -0.39 is 5.92 Å². The highest BCUT2D eigenvalue weighted by Crippen LogP contribution is 2.43. The zero-order chi connectivity index (χ0) is 12.3. The second-order valence-corrected chi connectivity index (χ2v) is 4.76. The van der Waals surface area contributed by atoms with E-state index in [2.05, 4.69) is 11.9 Å². The van der Waals surface area contributed by atoms with Crippen molar-refractivity contribution in [2.24, 2.45) is 17.8 Å². The van der Waals surface area contributed by atoms with Crippen molar-refractivity contribution in [1.29, 1.82) is 0 Å². The van der Waals surface area contributed by atoms with E-state index in [0.29, 0.717) is 17.7 Å². The molecule has 3 aliphatic rings. The third kappa shape index (κ3) is 1.16. The van der Waals surface area contributed by atoms with Crippen LogP contribution in [0, 0.1) is 17.8 Å². The molecule has 17 heavy (non-hydrogen) atoms. The van der Waals surface area contributed by atoms with Crippen LogP contribution in [0.1, 0.15) is 6.42 Å². The highest BCUT2D eigenvalue weighted by atomic mass is 16.2. The second-order valence-electron chi connectivity index (χ2n) is 4.76. The molecule has 3 unspecified atom stereocenters. The SMILES string of the molecule is C=C1NC(=O)C2C=C3C(=O)N(C)C(=O)C3CC12. The molecule has 88 valence electrons. The lowest BCUT2D eigenvalue weighted by molar-refractivity contribution is -0.137. The number of likely N-dealkylation sites (tertiary alicyclic amines) is 1. The molecule has 0 bridgehead atoms. The average Bonchev–Trinajstić information content (AvgIpc) is 2.70. The summed E-state index contributed by atoms with van der Waals surface area (Å²) in [5.41, 5.74) is 1.13. The van der Waals surface area contributed by atoms with Crippen molar-refractivity contribution in [2.75, 3.05) is 7.05 Å². The predicted octanol–water partition coefficient (Wildman–Crippen LogP) is -0.193. The number of fused-ring (bicyclic) bond motifs is 2. The highest BCUT2D eigenvalue weighted by molar-refractivity contribution is 6.15. The lowest BCUT2D eigenvalue weighted by Gasteiger charge is -2.23. The van der Waals surface area contributed by atoms with Gasteiger partial charge in [-0.1, -0.05) is 12.7 Å². The number of nitrogens with one attached hydrogen (secondary N) is 1. The van der Waals surface area contributed by atoms with Crippen LogP contribution in [-0.2, 0) is 14.4 Å². The summed E-state index contributed by atoms with van der Waals surface area (Å²) < 4.78 is 0. The Bertz CT molecular complexity index is 506. The number of amides is 3. The van der Waals surface area contributed by atoms with Crippen LogP contribution in [0.4, 0.5) is 0 Å². The maximum atomic E-state index is 11.9. The zero-order valence-electron chi connectivity index (χ0n) is 9.40. The topological polar surface area (TPSA) is 66.5 Å². The van der Waals surface area contributed by atoms with Gasteiger partial charge in [-0.25, -0.2) is 0 Å². The molecule has 1 aliphatic carbocycles. The number of rotatable bonds is 0. The third-order valence-corrected chi connectivity index (χ3v) is 3.87. The van der Waals surface area contributed by atoms with Gasteiger partial charge in [-0.2, -0.15) is 0 Å². The van der Waals surface area contributed by atoms with Crippen LogP contribution in [0.15, 0.2) is 23.9 Å². The second kappa shape index (κ2) is 3.06. The molecule has 3 amide bonds. The largest absolute Gasteiger partial charge is 0.330 e. The predicted molar refractivity (Wildman–Crippen MR) is 58.2 cm³/mol. The van der Waals surface area contributed by atoms with Gasteiger partial charge >= 0.3 is 0 Å². The fourth-order valence-electron chi connectivity index (χ4n) is 2.89. The number of hydrogen-bond acceptors (Lipinski definition) is 3. The molecule has 2 heterocycles. The molecule has 0 aromatic heterocycles. The summed E-state index contributed by atoms with van der Waals surface area (Å²) in [5, 5.41) is 2.67. The van der Waals surface area contributed by atoms with Crippen LogP contribution in [0.5, 0.6) is 0 Å². The summed E-state index contributed by atoms with van der Waals surface area (Å²) in [7, 11) is 1.48. The van der Waals surface area contributed by atoms with Crippen molar-refractivity contribution in [2.45, 2.75) is 6.42 Å². The number of imide groups is 1. The van der Waals surface area contributed by atoms with Gasteiger partial charge in [0, 0.05) is 24.2 Å². The van der Waals surface area contributed by atoms with Crippen LogP contribution < -0.4 is 5.32 Å². The fourth-order valence-corrected chi connectivity index (χ4v) is 2.89. The monoisotopic (exact) mass is 232 g/mol. The molecule has 0 saturated carbocycles. The van der Waals surface area contributed by atoms with E-state index in [0.717, 1.165) is 4.90 Å². The maximum absolute atomic E-state index is 11.9. The molecular weight excluding hydrogens is 220 g/mol. The minimum atomic E-state index is -0.391. The number of likely N-dealkylation sites (N-methyl/N-ethyl adjacent to an activating group) is 1. The van der Waals surface area contributed by atoms with Crippen LogP contribution in [0.3, 0.4) is 0 Å². The summed E-state index contributed by atoms with van der Waals surface area (Å²) in [5.74, 6) is -1.36. The Morgan fingerprint density at radius 2 is 2.12 bits per heavy atom. The van der Waals surface area contributed by atoms with Gasteiger partial charge in [-0.15, -0.1) is 0 Å². The van der Waals surface area contributed by atoms with Gasteiger partial charge in [0.15, 0.2) is 0 Å². The first-order valence-corrected chi connectivity index (χ1v) is 5.54. The summed E-state index contributed by atoms with van der Waals surface area (Å²) in [4.78, 5) is 36.5. The molecule has 2 saturated heterocycles. The molecule has 5 heteroatoms. The Hall–Kier alpha value is -1.91. The smallest absolute Gasteiger partial charge is 0.256 e. The Balaban J connectivity index is 2.06. The lowest BCUT2D eigenvalue weighted by atomic mass is 9.76. The first-order chi connectivity index (χ1) is 8.00. The van der Waals surface area contributed by atoms with E-state index in [-0.39, 0.29) is 29.6 Å². The number of carbonyl (C=O) groups excluding carboxylic acids is 3. The summed E-state index contributed by atoms with van der Waals surface area (Å²) in [6.45, 7) is 3.80. The quantitative estimate of drug-likeness (QED) is 0.588. The van der Waals surface area contributed by atoms with Gasteiger partial charge in [0.05, 0.1) is 11.8 Å². The third-order valence-electron chi connectivity index (χ3n) is 3.87. The summed E-state index contributed by atoms with van der Waals surface area (Å²) in [6, 6.07) is 0. The van der Waals surface area contributed by atoms with Crippen molar-refractivity contribution in [3.8, 4) is 0 Å². The molecule has 0 radical (unpaired) electrons. The first-order valence-electron chi connectivity index (χ1n) is 5.54. The van der Waals surface area contributed by atoms with E-state index in [9.17, 15) is 14.4 Å². The van der Waals surface area contributed by atoms with Crippen LogP contribution in [0.25, 0.3) is 0 Å². The van der Waals surface area contributed by atoms with Gasteiger partial charge in [-0.05, 0) is 6.42 Å². The van der Waals surface area contributed by atoms with E-state index in [1.165, 1.54) is 7.05 Å². The summed E-state index contributed by atoms with van der Waals surface area (Å²) >= 11 is 0. The fraction of sp³-hybridized carbons (Fsp3) is 0.417. The lowest BCUT2D eigenvalue weighted by Crippen LogP contribution is -2.27. The molecule has 3 atom stereocenters. The average molecular weight is 232 g/mol. The number of allylic oxidation sites excluding steroid dienone is 1. The van der Waals surface area contributed by atoms with Crippen LogP contribution in [0.2, 0.25) is 0 Å². The number of hydrogen-bond donors (Lipinski definition) is 1. The zero-order valence-corrected chi connectivity index (χ0v) is 9.40. The van der Waals surface area contributed by atoms with Gasteiger partial charge in [0.25, 0.3) is 5.91 Å². The van der Waals surface area contributed by atoms with Gasteiger partial charge in [0.1, 0.15) is 0 Å². The number of carbonyl (C=O) groups is 3. The molecule has 2 fully saturated rings. The Kier molecular flexibility index (Phi) is 1.85. The van der Waals surface area contributed by atoms with E-state index in [1.807, 2.05) is 0 Å². The Morgan fingerprint density at radius 3 is 2.82 bits per heavy atom. The van der Waals surface area contributed by atoms with Crippen LogP contribution >= 0.6 is 0 Å². The van der Waals surface area contributed by atoms with E-state index >= 15 is 0 Å². The molecular formula is C12H12N2O3. The molecule has 0 spiro atoms. The Morgan fingerprint density at radius 1 is 1.41 bits per heavy atom. The van der Waals surface area contributed by atoms with E-state index in [4.69, 9.17) is 0 Å². The van der Waals surface area contributed by atoms with Crippen molar-refractivity contribution >= 4 is 17.7 Å². The van der Waals surface area contributed by atoms with Gasteiger partial charge < -0.3 is 5.32 Å². The Labute approximate surface area is 98.2 Å².